The molecule has 0 amide bonds. The number of halogens is 1. The minimum atomic E-state index is -0.425. The number of hydrogen-bond acceptors (Lipinski definition) is 11. The second-order valence-electron chi connectivity index (χ2n) is 8.30. The maximum atomic E-state index is 12.3. The Bertz CT molecular complexity index is 1210. The van der Waals surface area contributed by atoms with Crippen molar-refractivity contribution in [2.45, 2.75) is 0 Å². The van der Waals surface area contributed by atoms with Gasteiger partial charge in [-0.05, 0) is 48.0 Å². The molecule has 0 spiro atoms. The third-order valence-corrected chi connectivity index (χ3v) is 6.22. The Kier molecular flexibility index (Phi) is 8.18. The summed E-state index contributed by atoms with van der Waals surface area (Å²) in [4.78, 5) is 30.3. The highest BCUT2D eigenvalue weighted by atomic mass is 79.9. The number of morpholine rings is 2. The molecule has 2 aromatic carbocycles. The van der Waals surface area contributed by atoms with Gasteiger partial charge in [0, 0.05) is 30.7 Å². The first-order valence-corrected chi connectivity index (χ1v) is 12.7. The Hall–Kier alpha value is -3.61. The highest BCUT2D eigenvalue weighted by Gasteiger charge is 2.20. The summed E-state index contributed by atoms with van der Waals surface area (Å²) in [5, 5.41) is 4.31. The van der Waals surface area contributed by atoms with Crippen LogP contribution in [0.15, 0.2) is 58.1 Å². The molecular formula is C25H26BrN7O4. The molecule has 0 aliphatic carbocycles. The van der Waals surface area contributed by atoms with Gasteiger partial charge >= 0.3 is 5.97 Å². The molecule has 0 saturated carbocycles. The van der Waals surface area contributed by atoms with Crippen molar-refractivity contribution in [1.82, 2.24) is 15.0 Å². The van der Waals surface area contributed by atoms with E-state index in [1.807, 2.05) is 6.07 Å². The van der Waals surface area contributed by atoms with E-state index in [-0.39, 0.29) is 0 Å². The molecule has 5 rings (SSSR count). The molecule has 0 atom stereocenters. The standard InChI is InChI=1S/C25H26BrN7O4/c26-20-3-1-2-19(16-20)22(34)37-21-6-4-18(5-7-21)17-27-31-23-28-24(32-8-12-35-13-9-32)30-25(29-23)33-10-14-36-15-11-33/h1-7,16-17H,8-15H2,(H,28,29,30,31)/b27-17-. The van der Waals surface area contributed by atoms with Crippen molar-refractivity contribution >= 4 is 46.0 Å². The van der Waals surface area contributed by atoms with Crippen molar-refractivity contribution in [1.29, 1.82) is 0 Å². The van der Waals surface area contributed by atoms with E-state index in [0.29, 0.717) is 81.8 Å². The van der Waals surface area contributed by atoms with Crippen molar-refractivity contribution in [3.05, 3.63) is 64.1 Å². The SMILES string of the molecule is O=C(Oc1ccc(/C=N\Nc2nc(N3CCOCC3)nc(N3CCOCC3)n2)cc1)c1cccc(Br)c1. The first-order valence-electron chi connectivity index (χ1n) is 11.9. The zero-order valence-electron chi connectivity index (χ0n) is 20.0. The van der Waals surface area contributed by atoms with Crippen LogP contribution in [-0.2, 0) is 9.47 Å². The Morgan fingerprint density at radius 2 is 1.54 bits per heavy atom. The lowest BCUT2D eigenvalue weighted by Gasteiger charge is -2.30. The fraction of sp³-hybridized carbons (Fsp3) is 0.320. The van der Waals surface area contributed by atoms with Crippen molar-refractivity contribution in [2.24, 2.45) is 5.10 Å². The zero-order valence-corrected chi connectivity index (χ0v) is 21.6. The zero-order chi connectivity index (χ0) is 25.5. The molecule has 0 bridgehead atoms. The number of benzene rings is 2. The highest BCUT2D eigenvalue weighted by Crippen LogP contribution is 2.19. The first kappa shape index (κ1) is 25.1. The average Bonchev–Trinajstić information content (AvgIpc) is 2.95. The van der Waals surface area contributed by atoms with Crippen LogP contribution in [-0.4, -0.2) is 79.7 Å². The van der Waals surface area contributed by atoms with Crippen LogP contribution in [0.25, 0.3) is 0 Å². The number of anilines is 3. The largest absolute Gasteiger partial charge is 0.423 e. The maximum Gasteiger partial charge on any atom is 0.343 e. The van der Waals surface area contributed by atoms with E-state index >= 15 is 0 Å². The molecule has 2 fully saturated rings. The second kappa shape index (κ2) is 12.1. The van der Waals surface area contributed by atoms with Gasteiger partial charge in [-0.15, -0.1) is 0 Å². The summed E-state index contributed by atoms with van der Waals surface area (Å²) in [5.41, 5.74) is 4.21. The van der Waals surface area contributed by atoms with Gasteiger partial charge in [-0.1, -0.05) is 22.0 Å². The number of nitrogens with zero attached hydrogens (tertiary/aromatic N) is 6. The number of rotatable bonds is 7. The van der Waals surface area contributed by atoms with Crippen molar-refractivity contribution < 1.29 is 19.0 Å². The van der Waals surface area contributed by atoms with E-state index in [1.54, 1.807) is 48.7 Å². The Labute approximate surface area is 222 Å². The topological polar surface area (TPSA) is 114 Å². The molecule has 11 nitrogen and oxygen atoms in total. The molecule has 2 aliphatic heterocycles. The molecule has 37 heavy (non-hydrogen) atoms. The molecule has 0 unspecified atom stereocenters. The van der Waals surface area contributed by atoms with Crippen LogP contribution in [0, 0.1) is 0 Å². The number of carbonyl (C=O) groups excluding carboxylic acids is 1. The lowest BCUT2D eigenvalue weighted by atomic mass is 10.2. The van der Waals surface area contributed by atoms with Crippen molar-refractivity contribution in [3.8, 4) is 5.75 Å². The highest BCUT2D eigenvalue weighted by molar-refractivity contribution is 9.10. The molecular weight excluding hydrogens is 542 g/mol. The molecule has 192 valence electrons. The monoisotopic (exact) mass is 567 g/mol. The molecule has 2 saturated heterocycles. The van der Waals surface area contributed by atoms with Crippen molar-refractivity contribution in [3.63, 3.8) is 0 Å². The summed E-state index contributed by atoms with van der Waals surface area (Å²) < 4.78 is 17.2. The summed E-state index contributed by atoms with van der Waals surface area (Å²) in [6.07, 6.45) is 1.65. The van der Waals surface area contributed by atoms with Gasteiger partial charge in [0.25, 0.3) is 0 Å². The number of carbonyl (C=O) groups is 1. The van der Waals surface area contributed by atoms with Crippen LogP contribution in [0.5, 0.6) is 5.75 Å². The summed E-state index contributed by atoms with van der Waals surface area (Å²) in [7, 11) is 0. The van der Waals surface area contributed by atoms with E-state index < -0.39 is 5.97 Å². The van der Waals surface area contributed by atoms with Gasteiger partial charge < -0.3 is 24.0 Å². The van der Waals surface area contributed by atoms with Crippen molar-refractivity contribution in [2.75, 3.05) is 67.8 Å². The molecule has 2 aliphatic rings. The van der Waals surface area contributed by atoms with Gasteiger partial charge in [-0.25, -0.2) is 10.2 Å². The third kappa shape index (κ3) is 6.79. The molecule has 3 aromatic rings. The average molecular weight is 568 g/mol. The van der Waals surface area contributed by atoms with Crippen LogP contribution in [0.4, 0.5) is 17.8 Å². The Morgan fingerprint density at radius 3 is 2.14 bits per heavy atom. The molecule has 3 heterocycles. The van der Waals surface area contributed by atoms with E-state index in [4.69, 9.17) is 14.2 Å². The van der Waals surface area contributed by atoms with Crippen LogP contribution in [0.3, 0.4) is 0 Å². The van der Waals surface area contributed by atoms with Gasteiger partial charge in [0.05, 0.1) is 38.2 Å². The van der Waals surface area contributed by atoms with Crippen LogP contribution in [0.2, 0.25) is 0 Å². The van der Waals surface area contributed by atoms with E-state index in [1.165, 1.54) is 0 Å². The predicted octanol–water partition coefficient (Wildman–Crippen LogP) is 2.97. The lowest BCUT2D eigenvalue weighted by Crippen LogP contribution is -2.40. The molecule has 0 radical (unpaired) electrons. The smallest absolute Gasteiger partial charge is 0.343 e. The third-order valence-electron chi connectivity index (χ3n) is 5.73. The van der Waals surface area contributed by atoms with Gasteiger partial charge in [0.1, 0.15) is 5.75 Å². The quantitative estimate of drug-likeness (QED) is 0.198. The van der Waals surface area contributed by atoms with Crippen LogP contribution < -0.4 is 20.0 Å². The summed E-state index contributed by atoms with van der Waals surface area (Å²) in [5.74, 6) is 1.56. The lowest BCUT2D eigenvalue weighted by molar-refractivity contribution is 0.0734. The Balaban J connectivity index is 1.25. The number of ether oxygens (including phenoxy) is 3. The fourth-order valence-corrected chi connectivity index (χ4v) is 4.18. The first-order chi connectivity index (χ1) is 18.1. The second-order valence-corrected chi connectivity index (χ2v) is 9.21. The van der Waals surface area contributed by atoms with Gasteiger partial charge in [0.15, 0.2) is 0 Å². The van der Waals surface area contributed by atoms with E-state index in [2.05, 4.69) is 51.2 Å². The minimum absolute atomic E-state index is 0.355. The minimum Gasteiger partial charge on any atom is -0.423 e. The van der Waals surface area contributed by atoms with Crippen LogP contribution in [0.1, 0.15) is 15.9 Å². The summed E-state index contributed by atoms with van der Waals surface area (Å²) in [6.45, 7) is 5.39. The fourth-order valence-electron chi connectivity index (χ4n) is 3.78. The maximum absolute atomic E-state index is 12.3. The number of hydrogen-bond donors (Lipinski definition) is 1. The molecule has 1 aromatic heterocycles. The summed E-state index contributed by atoms with van der Waals surface area (Å²) >= 11 is 3.36. The van der Waals surface area contributed by atoms with E-state index in [0.717, 1.165) is 10.0 Å². The van der Waals surface area contributed by atoms with Gasteiger partial charge in [0.2, 0.25) is 17.8 Å². The molecule has 12 heteroatoms. The Morgan fingerprint density at radius 1 is 0.919 bits per heavy atom. The number of aromatic nitrogens is 3. The van der Waals surface area contributed by atoms with Crippen LogP contribution >= 0.6 is 15.9 Å². The summed E-state index contributed by atoms with van der Waals surface area (Å²) in [6, 6.07) is 14.1. The number of esters is 1. The van der Waals surface area contributed by atoms with Gasteiger partial charge in [-0.3, -0.25) is 0 Å². The van der Waals surface area contributed by atoms with Gasteiger partial charge in [-0.2, -0.15) is 20.1 Å². The predicted molar refractivity (Wildman–Crippen MR) is 143 cm³/mol. The molecule has 1 N–H and O–H groups in total. The number of nitrogens with one attached hydrogen (secondary N) is 1. The number of hydrazone groups is 1. The van der Waals surface area contributed by atoms with E-state index in [9.17, 15) is 4.79 Å². The normalized spacial score (nSPS) is 16.1.